The zero-order chi connectivity index (χ0) is 9.26. The van der Waals surface area contributed by atoms with Crippen LogP contribution in [0, 0.1) is 5.92 Å². The lowest BCUT2D eigenvalue weighted by atomic mass is 9.81. The van der Waals surface area contributed by atoms with Crippen LogP contribution in [0.4, 0.5) is 0 Å². The molecule has 0 saturated heterocycles. The quantitative estimate of drug-likeness (QED) is 0.750. The van der Waals surface area contributed by atoms with Crippen LogP contribution in [0.3, 0.4) is 0 Å². The minimum absolute atomic E-state index is 0.838. The average Bonchev–Trinajstić information content (AvgIpc) is 2.59. The highest BCUT2D eigenvalue weighted by atomic mass is 32.2. The van der Waals surface area contributed by atoms with Crippen molar-refractivity contribution in [2.45, 2.75) is 56.4 Å². The van der Waals surface area contributed by atoms with Gasteiger partial charge in [-0.05, 0) is 44.3 Å². The van der Waals surface area contributed by atoms with Gasteiger partial charge in [0.2, 0.25) is 0 Å². The standard InChI is InChI=1S/C11H21NS/c1-8-3-6-11(8)12-9-4-5-10(7-9)13-2/h8-12H,3-7H2,1-2H3. The van der Waals surface area contributed by atoms with E-state index in [2.05, 4.69) is 18.5 Å². The molecule has 2 saturated carbocycles. The van der Waals surface area contributed by atoms with Gasteiger partial charge in [0.15, 0.2) is 0 Å². The maximum Gasteiger partial charge on any atom is 0.00954 e. The molecule has 0 aromatic rings. The fourth-order valence-electron chi connectivity index (χ4n) is 2.52. The maximum absolute atomic E-state index is 3.82. The molecule has 0 aromatic carbocycles. The molecule has 0 amide bonds. The maximum atomic E-state index is 3.82. The first-order chi connectivity index (χ1) is 6.29. The van der Waals surface area contributed by atoms with Crippen LogP contribution in [-0.2, 0) is 0 Å². The zero-order valence-corrected chi connectivity index (χ0v) is 9.57. The second kappa shape index (κ2) is 4.22. The third kappa shape index (κ3) is 2.21. The Bertz CT molecular complexity index is 171. The molecule has 76 valence electrons. The molecule has 2 aliphatic rings. The van der Waals surface area contributed by atoms with Gasteiger partial charge in [-0.2, -0.15) is 11.8 Å². The van der Waals surface area contributed by atoms with Crippen molar-refractivity contribution < 1.29 is 0 Å². The number of thioether (sulfide) groups is 1. The summed E-state index contributed by atoms with van der Waals surface area (Å²) in [5.41, 5.74) is 0. The minimum atomic E-state index is 0.838. The van der Waals surface area contributed by atoms with Crippen LogP contribution >= 0.6 is 11.8 Å². The molecule has 1 N–H and O–H groups in total. The van der Waals surface area contributed by atoms with Crippen molar-refractivity contribution in [3.63, 3.8) is 0 Å². The van der Waals surface area contributed by atoms with Crippen LogP contribution in [0.15, 0.2) is 0 Å². The highest BCUT2D eigenvalue weighted by molar-refractivity contribution is 7.99. The SMILES string of the molecule is CSC1CCC(NC2CCC2C)C1. The van der Waals surface area contributed by atoms with Crippen molar-refractivity contribution in [2.24, 2.45) is 5.92 Å². The summed E-state index contributed by atoms with van der Waals surface area (Å²) in [4.78, 5) is 0. The van der Waals surface area contributed by atoms with Gasteiger partial charge < -0.3 is 5.32 Å². The summed E-state index contributed by atoms with van der Waals surface area (Å²) in [5.74, 6) is 0.938. The van der Waals surface area contributed by atoms with Gasteiger partial charge in [0, 0.05) is 17.3 Å². The van der Waals surface area contributed by atoms with Crippen molar-refractivity contribution in [1.82, 2.24) is 5.32 Å². The zero-order valence-electron chi connectivity index (χ0n) is 8.75. The van der Waals surface area contributed by atoms with Crippen molar-refractivity contribution in [2.75, 3.05) is 6.26 Å². The summed E-state index contributed by atoms with van der Waals surface area (Å²) >= 11 is 2.05. The van der Waals surface area contributed by atoms with Gasteiger partial charge in [-0.3, -0.25) is 0 Å². The molecule has 0 heterocycles. The van der Waals surface area contributed by atoms with Gasteiger partial charge in [0.25, 0.3) is 0 Å². The van der Waals surface area contributed by atoms with Gasteiger partial charge in [-0.1, -0.05) is 6.92 Å². The Labute approximate surface area is 86.0 Å². The molecule has 2 fully saturated rings. The molecular formula is C11H21NS. The normalized spacial score (nSPS) is 44.8. The molecule has 0 bridgehead atoms. The fraction of sp³-hybridized carbons (Fsp3) is 1.00. The monoisotopic (exact) mass is 199 g/mol. The van der Waals surface area contributed by atoms with Crippen molar-refractivity contribution in [3.8, 4) is 0 Å². The predicted octanol–water partition coefficient (Wildman–Crippen LogP) is 2.66. The molecule has 0 aliphatic heterocycles. The molecular weight excluding hydrogens is 178 g/mol. The van der Waals surface area contributed by atoms with E-state index in [0.29, 0.717) is 0 Å². The third-order valence-electron chi connectivity index (χ3n) is 3.79. The van der Waals surface area contributed by atoms with E-state index in [1.165, 1.54) is 32.1 Å². The van der Waals surface area contributed by atoms with Crippen LogP contribution in [0.25, 0.3) is 0 Å². The Morgan fingerprint density at radius 2 is 2.00 bits per heavy atom. The Hall–Kier alpha value is 0.310. The van der Waals surface area contributed by atoms with Crippen LogP contribution in [0.1, 0.15) is 39.0 Å². The lowest BCUT2D eigenvalue weighted by Gasteiger charge is -2.37. The van der Waals surface area contributed by atoms with Gasteiger partial charge in [0.1, 0.15) is 0 Å². The second-order valence-corrected chi connectivity index (χ2v) is 5.83. The Balaban J connectivity index is 1.71. The van der Waals surface area contributed by atoms with Crippen molar-refractivity contribution in [1.29, 1.82) is 0 Å². The largest absolute Gasteiger partial charge is 0.311 e. The number of rotatable bonds is 3. The topological polar surface area (TPSA) is 12.0 Å². The summed E-state index contributed by atoms with van der Waals surface area (Å²) in [5, 5.41) is 4.75. The van der Waals surface area contributed by atoms with Crippen molar-refractivity contribution >= 4 is 11.8 Å². The summed E-state index contributed by atoms with van der Waals surface area (Å²) in [6, 6.07) is 1.69. The predicted molar refractivity (Wildman–Crippen MR) is 60.3 cm³/mol. The lowest BCUT2D eigenvalue weighted by Crippen LogP contribution is -2.46. The molecule has 0 aromatic heterocycles. The molecule has 0 spiro atoms. The summed E-state index contributed by atoms with van der Waals surface area (Å²) in [6.07, 6.45) is 9.36. The van der Waals surface area contributed by atoms with E-state index in [4.69, 9.17) is 0 Å². The van der Waals surface area contributed by atoms with E-state index in [9.17, 15) is 0 Å². The fourth-order valence-corrected chi connectivity index (χ4v) is 3.32. The highest BCUT2D eigenvalue weighted by Gasteiger charge is 2.31. The average molecular weight is 199 g/mol. The molecule has 4 atom stereocenters. The van der Waals surface area contributed by atoms with E-state index in [1.54, 1.807) is 0 Å². The highest BCUT2D eigenvalue weighted by Crippen LogP contribution is 2.32. The Morgan fingerprint density at radius 1 is 1.15 bits per heavy atom. The van der Waals surface area contributed by atoms with Crippen LogP contribution in [-0.4, -0.2) is 23.6 Å². The molecule has 0 radical (unpaired) electrons. The molecule has 2 heteroatoms. The number of nitrogens with one attached hydrogen (secondary N) is 1. The second-order valence-electron chi connectivity index (χ2n) is 4.70. The number of hydrogen-bond acceptors (Lipinski definition) is 2. The van der Waals surface area contributed by atoms with Crippen LogP contribution < -0.4 is 5.32 Å². The molecule has 1 nitrogen and oxygen atoms in total. The van der Waals surface area contributed by atoms with Gasteiger partial charge in [-0.15, -0.1) is 0 Å². The van der Waals surface area contributed by atoms with Gasteiger partial charge >= 0.3 is 0 Å². The first-order valence-corrected chi connectivity index (χ1v) is 6.87. The van der Waals surface area contributed by atoms with Crippen molar-refractivity contribution in [3.05, 3.63) is 0 Å². The van der Waals surface area contributed by atoms with Crippen LogP contribution in [0.2, 0.25) is 0 Å². The first-order valence-electron chi connectivity index (χ1n) is 5.58. The lowest BCUT2D eigenvalue weighted by molar-refractivity contribution is 0.210. The van der Waals surface area contributed by atoms with Gasteiger partial charge in [0.05, 0.1) is 0 Å². The van der Waals surface area contributed by atoms with E-state index in [0.717, 1.165) is 23.3 Å². The Morgan fingerprint density at radius 3 is 2.46 bits per heavy atom. The summed E-state index contributed by atoms with van der Waals surface area (Å²) < 4.78 is 0. The first kappa shape index (κ1) is 9.85. The molecule has 4 unspecified atom stereocenters. The van der Waals surface area contributed by atoms with E-state index in [-0.39, 0.29) is 0 Å². The summed E-state index contributed by atoms with van der Waals surface area (Å²) in [7, 11) is 0. The Kier molecular flexibility index (Phi) is 3.20. The van der Waals surface area contributed by atoms with Crippen LogP contribution in [0.5, 0.6) is 0 Å². The van der Waals surface area contributed by atoms with E-state index >= 15 is 0 Å². The third-order valence-corrected chi connectivity index (χ3v) is 4.88. The van der Waals surface area contributed by atoms with E-state index < -0.39 is 0 Å². The van der Waals surface area contributed by atoms with E-state index in [1.807, 2.05) is 11.8 Å². The molecule has 2 rings (SSSR count). The smallest absolute Gasteiger partial charge is 0.00954 e. The van der Waals surface area contributed by atoms with Gasteiger partial charge in [-0.25, -0.2) is 0 Å². The molecule has 13 heavy (non-hydrogen) atoms. The summed E-state index contributed by atoms with van der Waals surface area (Å²) in [6.45, 7) is 2.38. The number of hydrogen-bond donors (Lipinski definition) is 1. The molecule has 2 aliphatic carbocycles. The minimum Gasteiger partial charge on any atom is -0.311 e.